The molecule has 21 heavy (non-hydrogen) atoms. The first-order valence-corrected chi connectivity index (χ1v) is 9.16. The minimum atomic E-state index is -0.572. The molecule has 6 heteroatoms. The van der Waals surface area contributed by atoms with Crippen LogP contribution in [0.15, 0.2) is 16.6 Å². The summed E-state index contributed by atoms with van der Waals surface area (Å²) in [6.45, 7) is 0.697. The summed E-state index contributed by atoms with van der Waals surface area (Å²) in [7, 11) is 0. The number of nitrogens with one attached hydrogen (secondary N) is 1. The van der Waals surface area contributed by atoms with Gasteiger partial charge in [0.1, 0.15) is 11.6 Å². The third-order valence-electron chi connectivity index (χ3n) is 4.25. The Kier molecular flexibility index (Phi) is 4.76. The standard InChI is InChI=1S/C15H18BrF2NOS/c16-12-7-10(17)8-13(18)14(12)19-11-1-4-20-15(9-11)2-5-21-6-3-15/h7-8,11,19H,1-6,9H2. The first-order valence-electron chi connectivity index (χ1n) is 7.21. The highest BCUT2D eigenvalue weighted by Gasteiger charge is 2.39. The number of benzene rings is 1. The number of hydrogen-bond acceptors (Lipinski definition) is 3. The molecule has 116 valence electrons. The van der Waals surface area contributed by atoms with Crippen molar-refractivity contribution in [2.45, 2.75) is 37.3 Å². The molecule has 2 saturated heterocycles. The molecular formula is C15H18BrF2NOS. The molecule has 2 nitrogen and oxygen atoms in total. The van der Waals surface area contributed by atoms with Gasteiger partial charge in [-0.3, -0.25) is 0 Å². The van der Waals surface area contributed by atoms with Gasteiger partial charge in [-0.25, -0.2) is 8.78 Å². The molecule has 1 N–H and O–H groups in total. The van der Waals surface area contributed by atoms with Crippen molar-refractivity contribution in [2.24, 2.45) is 0 Å². The van der Waals surface area contributed by atoms with E-state index in [0.717, 1.165) is 43.3 Å². The monoisotopic (exact) mass is 377 g/mol. The Morgan fingerprint density at radius 3 is 2.76 bits per heavy atom. The predicted octanol–water partition coefficient (Wildman–Crippen LogP) is 4.58. The zero-order valence-electron chi connectivity index (χ0n) is 11.6. The summed E-state index contributed by atoms with van der Waals surface area (Å²) in [5.74, 6) is 1.13. The van der Waals surface area contributed by atoms with E-state index in [0.29, 0.717) is 16.8 Å². The van der Waals surface area contributed by atoms with Gasteiger partial charge < -0.3 is 10.1 Å². The summed E-state index contributed by atoms with van der Waals surface area (Å²) in [6, 6.07) is 2.37. The van der Waals surface area contributed by atoms with Crippen LogP contribution in [0.2, 0.25) is 0 Å². The molecule has 0 bridgehead atoms. The molecule has 0 aromatic heterocycles. The lowest BCUT2D eigenvalue weighted by molar-refractivity contribution is -0.0866. The van der Waals surface area contributed by atoms with Gasteiger partial charge in [0, 0.05) is 23.2 Å². The summed E-state index contributed by atoms with van der Waals surface area (Å²) in [5, 5.41) is 3.24. The average molecular weight is 378 g/mol. The number of halogens is 3. The van der Waals surface area contributed by atoms with Crippen molar-refractivity contribution in [3.05, 3.63) is 28.2 Å². The fourth-order valence-electron chi connectivity index (χ4n) is 3.13. The first kappa shape index (κ1) is 15.6. The van der Waals surface area contributed by atoms with Crippen LogP contribution < -0.4 is 5.32 Å². The highest BCUT2D eigenvalue weighted by atomic mass is 79.9. The summed E-state index contributed by atoms with van der Waals surface area (Å²) >= 11 is 5.20. The minimum absolute atomic E-state index is 0.0514. The average Bonchev–Trinajstić information content (AvgIpc) is 2.44. The number of hydrogen-bond donors (Lipinski definition) is 1. The summed E-state index contributed by atoms with van der Waals surface area (Å²) in [6.07, 6.45) is 3.85. The highest BCUT2D eigenvalue weighted by molar-refractivity contribution is 9.10. The van der Waals surface area contributed by atoms with Crippen molar-refractivity contribution in [3.8, 4) is 0 Å². The largest absolute Gasteiger partial charge is 0.379 e. The van der Waals surface area contributed by atoms with Gasteiger partial charge in [-0.15, -0.1) is 0 Å². The van der Waals surface area contributed by atoms with Gasteiger partial charge >= 0.3 is 0 Å². The van der Waals surface area contributed by atoms with Gasteiger partial charge in [0.25, 0.3) is 0 Å². The lowest BCUT2D eigenvalue weighted by Crippen LogP contribution is -2.46. The van der Waals surface area contributed by atoms with E-state index in [-0.39, 0.29) is 11.6 Å². The second kappa shape index (κ2) is 6.42. The Balaban J connectivity index is 1.73. The number of anilines is 1. The van der Waals surface area contributed by atoms with E-state index in [1.165, 1.54) is 6.07 Å². The van der Waals surface area contributed by atoms with Crippen LogP contribution >= 0.6 is 27.7 Å². The molecule has 1 atom stereocenters. The predicted molar refractivity (Wildman–Crippen MR) is 85.9 cm³/mol. The van der Waals surface area contributed by atoms with Gasteiger partial charge in [-0.2, -0.15) is 11.8 Å². The normalized spacial score (nSPS) is 25.0. The Hall–Kier alpha value is -0.330. The van der Waals surface area contributed by atoms with Crippen molar-refractivity contribution < 1.29 is 13.5 Å². The van der Waals surface area contributed by atoms with Crippen LogP contribution in [0.4, 0.5) is 14.5 Å². The van der Waals surface area contributed by atoms with E-state index in [9.17, 15) is 8.78 Å². The van der Waals surface area contributed by atoms with Crippen LogP contribution in [0.5, 0.6) is 0 Å². The Morgan fingerprint density at radius 1 is 1.29 bits per heavy atom. The number of ether oxygens (including phenoxy) is 1. The molecule has 2 heterocycles. The van der Waals surface area contributed by atoms with Gasteiger partial charge in [-0.05, 0) is 59.2 Å². The molecule has 2 aliphatic rings. The fraction of sp³-hybridized carbons (Fsp3) is 0.600. The minimum Gasteiger partial charge on any atom is -0.379 e. The quantitative estimate of drug-likeness (QED) is 0.814. The van der Waals surface area contributed by atoms with Crippen molar-refractivity contribution in [3.63, 3.8) is 0 Å². The lowest BCUT2D eigenvalue weighted by Gasteiger charge is -2.43. The molecule has 1 spiro atoms. The number of rotatable bonds is 2. The van der Waals surface area contributed by atoms with Crippen LogP contribution in [0.3, 0.4) is 0 Å². The van der Waals surface area contributed by atoms with E-state index >= 15 is 0 Å². The fourth-order valence-corrected chi connectivity index (χ4v) is 4.89. The van der Waals surface area contributed by atoms with Gasteiger partial charge in [0.15, 0.2) is 0 Å². The van der Waals surface area contributed by atoms with Crippen LogP contribution in [0.25, 0.3) is 0 Å². The van der Waals surface area contributed by atoms with Gasteiger partial charge in [0.05, 0.1) is 11.3 Å². The molecule has 1 aromatic rings. The molecule has 0 amide bonds. The highest BCUT2D eigenvalue weighted by Crippen LogP contribution is 2.39. The van der Waals surface area contributed by atoms with E-state index in [1.807, 2.05) is 11.8 Å². The molecule has 2 aliphatic heterocycles. The van der Waals surface area contributed by atoms with Crippen LogP contribution in [0, 0.1) is 11.6 Å². The summed E-state index contributed by atoms with van der Waals surface area (Å²) in [4.78, 5) is 0. The maximum Gasteiger partial charge on any atom is 0.150 e. The van der Waals surface area contributed by atoms with Crippen molar-refractivity contribution in [1.29, 1.82) is 0 Å². The van der Waals surface area contributed by atoms with E-state index in [1.54, 1.807) is 0 Å². The smallest absolute Gasteiger partial charge is 0.150 e. The topological polar surface area (TPSA) is 21.3 Å². The third-order valence-corrected chi connectivity index (χ3v) is 5.86. The van der Waals surface area contributed by atoms with Gasteiger partial charge in [0.2, 0.25) is 0 Å². The maximum absolute atomic E-state index is 13.9. The summed E-state index contributed by atoms with van der Waals surface area (Å²) < 4.78 is 33.6. The second-order valence-electron chi connectivity index (χ2n) is 5.72. The molecule has 1 aromatic carbocycles. The third kappa shape index (κ3) is 3.54. The molecule has 0 aliphatic carbocycles. The molecule has 0 saturated carbocycles. The lowest BCUT2D eigenvalue weighted by atomic mass is 9.85. The maximum atomic E-state index is 13.9. The van der Waals surface area contributed by atoms with Gasteiger partial charge in [-0.1, -0.05) is 0 Å². The second-order valence-corrected chi connectivity index (χ2v) is 7.80. The van der Waals surface area contributed by atoms with E-state index in [2.05, 4.69) is 21.2 Å². The molecule has 1 unspecified atom stereocenters. The SMILES string of the molecule is Fc1cc(F)c(NC2CCOC3(CCSCC3)C2)c(Br)c1. The van der Waals surface area contributed by atoms with Crippen LogP contribution in [0.1, 0.15) is 25.7 Å². The summed E-state index contributed by atoms with van der Waals surface area (Å²) in [5.41, 5.74) is 0.299. The van der Waals surface area contributed by atoms with Crippen LogP contribution in [-0.4, -0.2) is 29.8 Å². The molecule has 3 rings (SSSR count). The van der Waals surface area contributed by atoms with Crippen molar-refractivity contribution in [2.75, 3.05) is 23.4 Å². The molecule has 2 fully saturated rings. The Morgan fingerprint density at radius 2 is 2.05 bits per heavy atom. The van der Waals surface area contributed by atoms with Crippen molar-refractivity contribution >= 4 is 33.4 Å². The van der Waals surface area contributed by atoms with Crippen LogP contribution in [-0.2, 0) is 4.74 Å². The Labute approximate surface area is 136 Å². The molecule has 0 radical (unpaired) electrons. The van der Waals surface area contributed by atoms with E-state index < -0.39 is 11.6 Å². The molecular weight excluding hydrogens is 360 g/mol. The first-order chi connectivity index (χ1) is 10.1. The zero-order chi connectivity index (χ0) is 14.9. The Bertz CT molecular complexity index is 494. The zero-order valence-corrected chi connectivity index (χ0v) is 14.0. The van der Waals surface area contributed by atoms with Crippen molar-refractivity contribution in [1.82, 2.24) is 0 Å². The van der Waals surface area contributed by atoms with E-state index in [4.69, 9.17) is 4.74 Å². The number of thioether (sulfide) groups is 1.